The molecule has 0 unspecified atom stereocenters. The molecule has 3 aromatic rings. The number of pyridine rings is 1. The zero-order chi connectivity index (χ0) is 23.0. The first kappa shape index (κ1) is 21.7. The molecule has 0 atom stereocenters. The van der Waals surface area contributed by atoms with Crippen LogP contribution in [-0.4, -0.2) is 54.4 Å². The van der Waals surface area contributed by atoms with Crippen molar-refractivity contribution in [3.05, 3.63) is 47.5 Å². The van der Waals surface area contributed by atoms with Gasteiger partial charge in [0.05, 0.1) is 31.1 Å². The van der Waals surface area contributed by atoms with E-state index in [1.165, 1.54) is 11.3 Å². The van der Waals surface area contributed by atoms with Crippen molar-refractivity contribution in [1.82, 2.24) is 9.97 Å². The second kappa shape index (κ2) is 8.64. The number of nitrogens with one attached hydrogen (secondary N) is 1. The lowest BCUT2D eigenvalue weighted by Crippen LogP contribution is -2.51. The maximum Gasteiger partial charge on any atom is 0.329 e. The largest absolute Gasteiger partial charge is 0.482 e. The minimum atomic E-state index is -0.539. The Bertz CT molecular complexity index is 1170. The molecule has 1 saturated heterocycles. The molecule has 2 aliphatic heterocycles. The highest BCUT2D eigenvalue weighted by atomic mass is 32.1. The number of urea groups is 1. The van der Waals surface area contributed by atoms with E-state index in [1.807, 2.05) is 50.4 Å². The number of hydrogen-bond donors (Lipinski definition) is 1. The highest BCUT2D eigenvalue weighted by Crippen LogP contribution is 2.38. The fraction of sp³-hybridized carbons (Fsp3) is 0.375. The van der Waals surface area contributed by atoms with Crippen molar-refractivity contribution in [2.45, 2.75) is 26.4 Å². The number of anilines is 3. The third kappa shape index (κ3) is 4.65. The highest BCUT2D eigenvalue weighted by Gasteiger charge is 2.36. The van der Waals surface area contributed by atoms with E-state index in [0.717, 1.165) is 48.9 Å². The Kier molecular flexibility index (Phi) is 5.67. The molecule has 0 bridgehead atoms. The maximum atomic E-state index is 13.2. The Morgan fingerprint density at radius 2 is 1.97 bits per heavy atom. The Hall–Kier alpha value is -3.17. The molecule has 1 aromatic carbocycles. The zero-order valence-corrected chi connectivity index (χ0v) is 19.8. The van der Waals surface area contributed by atoms with Gasteiger partial charge in [-0.3, -0.25) is 10.2 Å². The number of amides is 2. The van der Waals surface area contributed by atoms with E-state index in [4.69, 9.17) is 14.5 Å². The molecule has 2 aliphatic rings. The molecule has 0 radical (unpaired) electrons. The number of ether oxygens (including phenoxy) is 2. The van der Waals surface area contributed by atoms with E-state index in [0.29, 0.717) is 23.2 Å². The van der Waals surface area contributed by atoms with Crippen LogP contribution >= 0.6 is 11.3 Å². The molecular weight excluding hydrogens is 438 g/mol. The number of aromatic nitrogens is 2. The predicted molar refractivity (Wildman–Crippen MR) is 131 cm³/mol. The zero-order valence-electron chi connectivity index (χ0n) is 19.0. The summed E-state index contributed by atoms with van der Waals surface area (Å²) in [6, 6.07) is 11.9. The summed E-state index contributed by atoms with van der Waals surface area (Å²) in [5.41, 5.74) is 3.25. The Labute approximate surface area is 197 Å². The van der Waals surface area contributed by atoms with Crippen molar-refractivity contribution >= 4 is 34.0 Å². The quantitative estimate of drug-likeness (QED) is 0.611. The molecule has 1 N–H and O–H groups in total. The number of carbonyl (C=O) groups is 1. The van der Waals surface area contributed by atoms with Crippen LogP contribution in [0.4, 0.5) is 21.4 Å². The fourth-order valence-electron chi connectivity index (χ4n) is 4.08. The van der Waals surface area contributed by atoms with E-state index in [9.17, 15) is 4.79 Å². The summed E-state index contributed by atoms with van der Waals surface area (Å²) in [7, 11) is 0. The van der Waals surface area contributed by atoms with Crippen LogP contribution in [0.15, 0.2) is 41.8 Å². The number of rotatable bonds is 3. The Morgan fingerprint density at radius 3 is 2.73 bits per heavy atom. The van der Waals surface area contributed by atoms with Crippen molar-refractivity contribution in [2.24, 2.45) is 0 Å². The van der Waals surface area contributed by atoms with Crippen molar-refractivity contribution in [2.75, 3.05) is 48.0 Å². The van der Waals surface area contributed by atoms with Gasteiger partial charge in [-0.1, -0.05) is 12.1 Å². The number of aryl methyl sites for hydroxylation is 1. The molecular formula is C24H27N5O3S. The molecule has 4 heterocycles. The average Bonchev–Trinajstić information content (AvgIpc) is 3.22. The summed E-state index contributed by atoms with van der Waals surface area (Å²) in [6.07, 6.45) is 0. The van der Waals surface area contributed by atoms with Crippen molar-refractivity contribution < 1.29 is 14.3 Å². The van der Waals surface area contributed by atoms with Gasteiger partial charge in [0.2, 0.25) is 0 Å². The molecule has 0 aliphatic carbocycles. The van der Waals surface area contributed by atoms with Crippen LogP contribution in [0.1, 0.15) is 19.5 Å². The standard InChI is InChI=1S/C24H27N5O3S/c1-16-14-33-22(25-16)27-23(30)29-15-24(2,3)32-20-8-7-19(26-21(20)29)17-5-4-6-18(13-17)28-9-11-31-12-10-28/h4-8,13-14H,9-12,15H2,1-3H3,(H,25,27,30). The second-order valence-corrected chi connectivity index (χ2v) is 9.70. The smallest absolute Gasteiger partial charge is 0.329 e. The lowest BCUT2D eigenvalue weighted by molar-refractivity contribution is 0.106. The predicted octanol–water partition coefficient (Wildman–Crippen LogP) is 4.56. The number of fused-ring (bicyclic) bond motifs is 1. The van der Waals surface area contributed by atoms with Gasteiger partial charge >= 0.3 is 6.03 Å². The first-order chi connectivity index (χ1) is 15.9. The van der Waals surface area contributed by atoms with Crippen LogP contribution in [0.25, 0.3) is 11.3 Å². The van der Waals surface area contributed by atoms with Crippen LogP contribution in [0.2, 0.25) is 0 Å². The summed E-state index contributed by atoms with van der Waals surface area (Å²) in [4.78, 5) is 26.4. The number of hydrogen-bond acceptors (Lipinski definition) is 7. The first-order valence-corrected chi connectivity index (χ1v) is 11.9. The first-order valence-electron chi connectivity index (χ1n) is 11.0. The highest BCUT2D eigenvalue weighted by molar-refractivity contribution is 7.13. The minimum Gasteiger partial charge on any atom is -0.482 e. The summed E-state index contributed by atoms with van der Waals surface area (Å²) < 4.78 is 11.6. The molecule has 0 saturated carbocycles. The summed E-state index contributed by atoms with van der Waals surface area (Å²) in [6.45, 7) is 9.40. The molecule has 2 amide bonds. The van der Waals surface area contributed by atoms with Crippen LogP contribution in [-0.2, 0) is 4.74 Å². The lowest BCUT2D eigenvalue weighted by Gasteiger charge is -2.38. The number of benzene rings is 1. The van der Waals surface area contributed by atoms with Crippen molar-refractivity contribution in [3.8, 4) is 17.0 Å². The fourth-order valence-corrected chi connectivity index (χ4v) is 4.75. The molecule has 2 aromatic heterocycles. The van der Waals surface area contributed by atoms with Gasteiger partial charge in [-0.25, -0.2) is 14.8 Å². The maximum absolute atomic E-state index is 13.2. The lowest BCUT2D eigenvalue weighted by atomic mass is 10.1. The Balaban J connectivity index is 1.47. The van der Waals surface area contributed by atoms with E-state index in [1.54, 1.807) is 4.90 Å². The molecule has 9 heteroatoms. The third-order valence-corrected chi connectivity index (χ3v) is 6.49. The van der Waals surface area contributed by atoms with Crippen LogP contribution in [0.5, 0.6) is 5.75 Å². The molecule has 172 valence electrons. The topological polar surface area (TPSA) is 79.8 Å². The second-order valence-electron chi connectivity index (χ2n) is 8.84. The number of nitrogens with zero attached hydrogens (tertiary/aromatic N) is 4. The van der Waals surface area contributed by atoms with E-state index in [2.05, 4.69) is 27.3 Å². The molecule has 5 rings (SSSR count). The molecule has 33 heavy (non-hydrogen) atoms. The summed E-state index contributed by atoms with van der Waals surface area (Å²) in [5, 5.41) is 5.38. The van der Waals surface area contributed by atoms with Gasteiger partial charge in [-0.2, -0.15) is 0 Å². The van der Waals surface area contributed by atoms with Gasteiger partial charge in [-0.15, -0.1) is 11.3 Å². The molecule has 1 fully saturated rings. The average molecular weight is 466 g/mol. The van der Waals surface area contributed by atoms with Gasteiger partial charge in [0.25, 0.3) is 0 Å². The molecule has 0 spiro atoms. The summed E-state index contributed by atoms with van der Waals surface area (Å²) >= 11 is 1.40. The molecule has 8 nitrogen and oxygen atoms in total. The third-order valence-electron chi connectivity index (χ3n) is 5.62. The number of morpholine rings is 1. The normalized spacial score (nSPS) is 17.3. The minimum absolute atomic E-state index is 0.270. The monoisotopic (exact) mass is 465 g/mol. The van der Waals surface area contributed by atoms with Crippen LogP contribution < -0.4 is 19.9 Å². The van der Waals surface area contributed by atoms with E-state index >= 15 is 0 Å². The van der Waals surface area contributed by atoms with Crippen LogP contribution in [0, 0.1) is 6.92 Å². The van der Waals surface area contributed by atoms with Crippen molar-refractivity contribution in [1.29, 1.82) is 0 Å². The number of thiazole rings is 1. The van der Waals surface area contributed by atoms with Crippen molar-refractivity contribution in [3.63, 3.8) is 0 Å². The Morgan fingerprint density at radius 1 is 1.15 bits per heavy atom. The number of carbonyl (C=O) groups excluding carboxylic acids is 1. The van der Waals surface area contributed by atoms with Gasteiger partial charge < -0.3 is 14.4 Å². The van der Waals surface area contributed by atoms with Crippen LogP contribution in [0.3, 0.4) is 0 Å². The van der Waals surface area contributed by atoms with E-state index < -0.39 is 5.60 Å². The van der Waals surface area contributed by atoms with Gasteiger partial charge in [0.1, 0.15) is 5.60 Å². The van der Waals surface area contributed by atoms with E-state index in [-0.39, 0.29) is 6.03 Å². The van der Waals surface area contributed by atoms with Gasteiger partial charge in [0.15, 0.2) is 16.7 Å². The van der Waals surface area contributed by atoms with Gasteiger partial charge in [0, 0.05) is 29.7 Å². The van der Waals surface area contributed by atoms with Gasteiger partial charge in [-0.05, 0) is 45.0 Å². The summed E-state index contributed by atoms with van der Waals surface area (Å²) in [5.74, 6) is 1.10. The SMILES string of the molecule is Cc1csc(NC(=O)N2CC(C)(C)Oc3ccc(-c4cccc(N5CCOCC5)c4)nc32)n1.